The van der Waals surface area contributed by atoms with E-state index in [1.165, 1.54) is 50.5 Å². The average molecular weight is 405 g/mol. The molecule has 0 aliphatic carbocycles. The lowest BCUT2D eigenvalue weighted by Crippen LogP contribution is -1.87. The minimum atomic E-state index is 0.372. The Balaban J connectivity index is 0.000000215. The van der Waals surface area contributed by atoms with Crippen LogP contribution in [-0.4, -0.2) is 10.2 Å². The van der Waals surface area contributed by atoms with Gasteiger partial charge >= 0.3 is 0 Å². The summed E-state index contributed by atoms with van der Waals surface area (Å²) in [6, 6.07) is 25.3. The van der Waals surface area contributed by atoms with Crippen LogP contribution in [-0.2, 0) is 12.8 Å². The number of hydrogen-bond acceptors (Lipinski definition) is 2. The summed E-state index contributed by atoms with van der Waals surface area (Å²) in [7, 11) is 0. The number of para-hydroxylation sites is 2. The molecule has 2 N–H and O–H groups in total. The summed E-state index contributed by atoms with van der Waals surface area (Å²) in [5, 5.41) is 19.2. The lowest BCUT2D eigenvalue weighted by Gasteiger charge is -2.04. The third-order valence-corrected chi connectivity index (χ3v) is 5.27. The largest absolute Gasteiger partial charge is 0.508 e. The van der Waals surface area contributed by atoms with Gasteiger partial charge in [-0.15, -0.1) is 0 Å². The average Bonchev–Trinajstić information content (AvgIpc) is 2.77. The molecular formula is C28H36O2. The molecule has 3 aromatic rings. The Hall–Kier alpha value is -2.74. The van der Waals surface area contributed by atoms with E-state index >= 15 is 0 Å². The third-order valence-electron chi connectivity index (χ3n) is 5.27. The molecular weight excluding hydrogens is 368 g/mol. The van der Waals surface area contributed by atoms with Gasteiger partial charge in [0.05, 0.1) is 0 Å². The number of aromatic hydroxyl groups is 2. The second-order valence-corrected chi connectivity index (χ2v) is 7.79. The Kier molecular flexibility index (Phi) is 11.2. The van der Waals surface area contributed by atoms with Gasteiger partial charge in [-0.05, 0) is 41.7 Å². The Morgan fingerprint density at radius 3 is 1.63 bits per heavy atom. The van der Waals surface area contributed by atoms with Gasteiger partial charge in [0.1, 0.15) is 11.5 Å². The van der Waals surface area contributed by atoms with Crippen molar-refractivity contribution < 1.29 is 10.2 Å². The van der Waals surface area contributed by atoms with Crippen molar-refractivity contribution in [2.24, 2.45) is 0 Å². The highest BCUT2D eigenvalue weighted by molar-refractivity contribution is 5.36. The molecule has 0 atom stereocenters. The molecule has 0 aliphatic heterocycles. The molecule has 0 aromatic heterocycles. The van der Waals surface area contributed by atoms with Gasteiger partial charge in [-0.2, -0.15) is 0 Å². The third kappa shape index (κ3) is 9.17. The molecule has 160 valence electrons. The van der Waals surface area contributed by atoms with Crippen molar-refractivity contribution in [3.63, 3.8) is 0 Å². The maximum atomic E-state index is 9.58. The highest BCUT2D eigenvalue weighted by Crippen LogP contribution is 2.20. The first-order chi connectivity index (χ1) is 14.7. The fourth-order valence-corrected chi connectivity index (χ4v) is 3.47. The van der Waals surface area contributed by atoms with Crippen LogP contribution in [0.15, 0.2) is 78.9 Å². The van der Waals surface area contributed by atoms with Gasteiger partial charge in [-0.3, -0.25) is 0 Å². The van der Waals surface area contributed by atoms with Crippen LogP contribution in [0.3, 0.4) is 0 Å². The molecule has 0 heterocycles. The lowest BCUT2D eigenvalue weighted by molar-refractivity contribution is 0.466. The van der Waals surface area contributed by atoms with E-state index in [4.69, 9.17) is 0 Å². The van der Waals surface area contributed by atoms with Crippen molar-refractivity contribution >= 4 is 0 Å². The fraction of sp³-hybridized carbons (Fsp3) is 0.357. The summed E-state index contributed by atoms with van der Waals surface area (Å²) in [5.41, 5.74) is 3.28. The molecule has 3 rings (SSSR count). The minimum absolute atomic E-state index is 0.372. The second-order valence-electron chi connectivity index (χ2n) is 7.79. The van der Waals surface area contributed by atoms with E-state index in [1.54, 1.807) is 12.1 Å². The smallest absolute Gasteiger partial charge is 0.119 e. The van der Waals surface area contributed by atoms with Crippen LogP contribution in [0.4, 0.5) is 0 Å². The van der Waals surface area contributed by atoms with E-state index in [9.17, 15) is 10.2 Å². The summed E-state index contributed by atoms with van der Waals surface area (Å²) >= 11 is 0. The quantitative estimate of drug-likeness (QED) is 0.340. The normalized spacial score (nSPS) is 10.3. The molecule has 2 nitrogen and oxygen atoms in total. The van der Waals surface area contributed by atoms with E-state index in [0.717, 1.165) is 24.0 Å². The molecule has 0 amide bonds. The van der Waals surface area contributed by atoms with Gasteiger partial charge in [0, 0.05) is 6.42 Å². The first-order valence-electron chi connectivity index (χ1n) is 11.3. The highest BCUT2D eigenvalue weighted by Gasteiger charge is 2.00. The Labute approximate surface area is 182 Å². The number of hydrogen-bond donors (Lipinski definition) is 2. The number of phenolic OH excluding ortho intramolecular Hbond substituents is 2. The summed E-state index contributed by atoms with van der Waals surface area (Å²) in [4.78, 5) is 0. The topological polar surface area (TPSA) is 40.5 Å². The lowest BCUT2D eigenvalue weighted by atomic mass is 10.0. The van der Waals surface area contributed by atoms with Crippen molar-refractivity contribution in [2.75, 3.05) is 0 Å². The zero-order valence-corrected chi connectivity index (χ0v) is 18.3. The highest BCUT2D eigenvalue weighted by atomic mass is 16.3. The van der Waals surface area contributed by atoms with Gasteiger partial charge in [0.2, 0.25) is 0 Å². The van der Waals surface area contributed by atoms with Crippen LogP contribution < -0.4 is 0 Å². The molecule has 30 heavy (non-hydrogen) atoms. The second kappa shape index (κ2) is 14.3. The monoisotopic (exact) mass is 404 g/mol. The maximum Gasteiger partial charge on any atom is 0.119 e. The Morgan fingerprint density at radius 2 is 1.03 bits per heavy atom. The van der Waals surface area contributed by atoms with E-state index in [-0.39, 0.29) is 0 Å². The van der Waals surface area contributed by atoms with Crippen molar-refractivity contribution in [1.29, 1.82) is 0 Å². The molecule has 0 aliphatic rings. The summed E-state index contributed by atoms with van der Waals surface area (Å²) in [5.74, 6) is 0.824. The Bertz CT molecular complexity index is 827. The SMILES string of the molecule is CCCCCCCCCc1ccccc1O.Oc1ccccc1Cc1ccccc1. The van der Waals surface area contributed by atoms with Gasteiger partial charge in [0.25, 0.3) is 0 Å². The zero-order chi connectivity index (χ0) is 21.4. The molecule has 0 bridgehead atoms. The predicted octanol–water partition coefficient (Wildman–Crippen LogP) is 7.67. The molecule has 0 radical (unpaired) electrons. The number of unbranched alkanes of at least 4 members (excludes halogenated alkanes) is 6. The molecule has 0 saturated carbocycles. The van der Waals surface area contributed by atoms with Crippen LogP contribution >= 0.6 is 0 Å². The van der Waals surface area contributed by atoms with Crippen LogP contribution in [0, 0.1) is 0 Å². The van der Waals surface area contributed by atoms with E-state index in [2.05, 4.69) is 19.1 Å². The predicted molar refractivity (Wildman–Crippen MR) is 127 cm³/mol. The van der Waals surface area contributed by atoms with Gasteiger partial charge in [0.15, 0.2) is 0 Å². The van der Waals surface area contributed by atoms with E-state index < -0.39 is 0 Å². The fourth-order valence-electron chi connectivity index (χ4n) is 3.47. The molecule has 0 spiro atoms. The van der Waals surface area contributed by atoms with Crippen LogP contribution in [0.1, 0.15) is 68.6 Å². The van der Waals surface area contributed by atoms with Crippen LogP contribution in [0.25, 0.3) is 0 Å². The van der Waals surface area contributed by atoms with Gasteiger partial charge in [-0.1, -0.05) is 112 Å². The first-order valence-corrected chi connectivity index (χ1v) is 11.3. The van der Waals surface area contributed by atoms with Crippen molar-refractivity contribution in [2.45, 2.75) is 64.7 Å². The summed E-state index contributed by atoms with van der Waals surface area (Å²) in [6.45, 7) is 2.25. The van der Waals surface area contributed by atoms with Crippen molar-refractivity contribution in [1.82, 2.24) is 0 Å². The van der Waals surface area contributed by atoms with Gasteiger partial charge < -0.3 is 10.2 Å². The molecule has 3 aromatic carbocycles. The number of benzene rings is 3. The number of rotatable bonds is 10. The van der Waals surface area contributed by atoms with E-state index in [0.29, 0.717) is 11.5 Å². The van der Waals surface area contributed by atoms with Crippen molar-refractivity contribution in [3.05, 3.63) is 95.6 Å². The van der Waals surface area contributed by atoms with Crippen molar-refractivity contribution in [3.8, 4) is 11.5 Å². The summed E-state index contributed by atoms with van der Waals surface area (Å²) in [6.07, 6.45) is 11.1. The zero-order valence-electron chi connectivity index (χ0n) is 18.3. The first kappa shape index (κ1) is 23.5. The molecule has 2 heteroatoms. The van der Waals surface area contributed by atoms with Crippen LogP contribution in [0.5, 0.6) is 11.5 Å². The summed E-state index contributed by atoms with van der Waals surface area (Å²) < 4.78 is 0. The van der Waals surface area contributed by atoms with Crippen LogP contribution in [0.2, 0.25) is 0 Å². The Morgan fingerprint density at radius 1 is 0.533 bits per heavy atom. The number of aryl methyl sites for hydroxylation is 1. The molecule has 0 unspecified atom stereocenters. The molecule has 0 fully saturated rings. The van der Waals surface area contributed by atoms with Gasteiger partial charge in [-0.25, -0.2) is 0 Å². The molecule has 0 saturated heterocycles. The minimum Gasteiger partial charge on any atom is -0.508 e. The number of phenols is 2. The maximum absolute atomic E-state index is 9.58. The standard InChI is InChI=1S/C15H24O.C13H12O/c1-2-3-4-5-6-7-8-11-14-12-9-10-13-15(14)16;14-13-9-5-4-8-12(13)10-11-6-2-1-3-7-11/h9-10,12-13,16H,2-8,11H2,1H3;1-9,14H,10H2. The van der Waals surface area contributed by atoms with E-state index in [1.807, 2.05) is 54.6 Å².